The molecule has 3 heterocycles. The van der Waals surface area contributed by atoms with Crippen molar-refractivity contribution in [2.45, 2.75) is 24.5 Å². The first kappa shape index (κ1) is 12.2. The number of hydrogen-bond acceptors (Lipinski definition) is 7. The zero-order valence-electron chi connectivity index (χ0n) is 9.67. The molecule has 0 unspecified atom stereocenters. The minimum absolute atomic E-state index is 0.111. The highest BCUT2D eigenvalue weighted by Gasteiger charge is 2.43. The summed E-state index contributed by atoms with van der Waals surface area (Å²) in [6, 6.07) is 0. The molecule has 1 fully saturated rings. The van der Waals surface area contributed by atoms with Crippen LogP contribution in [0, 0.1) is 0 Å². The van der Waals surface area contributed by atoms with Gasteiger partial charge in [-0.1, -0.05) is 0 Å². The molecule has 9 nitrogen and oxygen atoms in total. The first-order valence-corrected chi connectivity index (χ1v) is 5.66. The molecule has 19 heavy (non-hydrogen) atoms. The Hall–Kier alpha value is -1.81. The Kier molecular flexibility index (Phi) is 2.82. The van der Waals surface area contributed by atoms with Crippen molar-refractivity contribution in [3.8, 4) is 0 Å². The van der Waals surface area contributed by atoms with Gasteiger partial charge in [0.1, 0.15) is 18.3 Å². The summed E-state index contributed by atoms with van der Waals surface area (Å²) >= 11 is 0. The summed E-state index contributed by atoms with van der Waals surface area (Å²) in [5.41, 5.74) is -0.0608. The molecule has 1 aliphatic heterocycles. The van der Waals surface area contributed by atoms with Crippen molar-refractivity contribution < 1.29 is 20.1 Å². The summed E-state index contributed by atoms with van der Waals surface area (Å²) in [5, 5.41) is 28.6. The second-order valence-corrected chi connectivity index (χ2v) is 4.28. The van der Waals surface area contributed by atoms with Crippen LogP contribution in [0.15, 0.2) is 17.4 Å². The van der Waals surface area contributed by atoms with Crippen molar-refractivity contribution >= 4 is 11.2 Å². The lowest BCUT2D eigenvalue weighted by molar-refractivity contribution is -0.0511. The largest absolute Gasteiger partial charge is 0.394 e. The Morgan fingerprint density at radius 3 is 2.84 bits per heavy atom. The van der Waals surface area contributed by atoms with E-state index in [9.17, 15) is 15.0 Å². The fraction of sp³-hybridized carbons (Fsp3) is 0.500. The van der Waals surface area contributed by atoms with Crippen molar-refractivity contribution in [2.75, 3.05) is 6.61 Å². The SMILES string of the molecule is O=c1[nH]cnc2c1nc[15n]2[C@@H]1O[C@H](CO)[C@@H](O)[C@H]1O. The van der Waals surface area contributed by atoms with Gasteiger partial charge in [-0.05, 0) is 0 Å². The molecule has 0 aromatic carbocycles. The molecule has 4 N–H and O–H groups in total. The van der Waals surface area contributed by atoms with Crippen LogP contribution in [0.2, 0.25) is 0 Å². The number of hydrogen-bond donors (Lipinski definition) is 4. The number of aliphatic hydroxyl groups is 3. The number of aliphatic hydroxyl groups excluding tert-OH is 3. The normalized spacial score (nSPS) is 31.1. The van der Waals surface area contributed by atoms with Crippen LogP contribution in [0.25, 0.3) is 11.2 Å². The Morgan fingerprint density at radius 2 is 2.16 bits per heavy atom. The number of aromatic nitrogens is 4. The number of H-pyrrole nitrogens is 1. The molecular weight excluding hydrogens is 257 g/mol. The molecule has 0 spiro atoms. The van der Waals surface area contributed by atoms with Crippen molar-refractivity contribution in [1.82, 2.24) is 19.5 Å². The van der Waals surface area contributed by atoms with Crippen LogP contribution in [0.4, 0.5) is 0 Å². The van der Waals surface area contributed by atoms with Gasteiger partial charge in [0, 0.05) is 0 Å². The van der Waals surface area contributed by atoms with E-state index >= 15 is 0 Å². The van der Waals surface area contributed by atoms with Crippen LogP contribution in [-0.4, -0.2) is 59.8 Å². The number of nitrogens with one attached hydrogen (secondary N) is 1. The Bertz CT molecular complexity index is 653. The average Bonchev–Trinajstić information content (AvgIpc) is 2.94. The summed E-state index contributed by atoms with van der Waals surface area (Å²) in [4.78, 5) is 21.8. The zero-order chi connectivity index (χ0) is 13.6. The summed E-state index contributed by atoms with van der Waals surface area (Å²) in [7, 11) is 0. The predicted octanol–water partition coefficient (Wildman–Crippen LogP) is -2.27. The van der Waals surface area contributed by atoms with E-state index in [2.05, 4.69) is 15.0 Å². The molecule has 2 aromatic heterocycles. The second kappa shape index (κ2) is 4.38. The number of rotatable bonds is 2. The molecule has 102 valence electrons. The molecule has 2 aromatic rings. The molecule has 0 amide bonds. The number of ether oxygens (including phenoxy) is 1. The van der Waals surface area contributed by atoms with Gasteiger partial charge in [0.25, 0.3) is 5.56 Å². The smallest absolute Gasteiger partial charge is 0.278 e. The molecule has 4 atom stereocenters. The van der Waals surface area contributed by atoms with E-state index in [4.69, 9.17) is 9.84 Å². The van der Waals surface area contributed by atoms with Crippen molar-refractivity contribution in [1.29, 1.82) is 0 Å². The lowest BCUT2D eigenvalue weighted by Gasteiger charge is -2.16. The van der Waals surface area contributed by atoms with E-state index in [-0.39, 0.29) is 11.2 Å². The van der Waals surface area contributed by atoms with E-state index in [1.807, 2.05) is 0 Å². The quantitative estimate of drug-likeness (QED) is 0.483. The Morgan fingerprint density at radius 1 is 1.37 bits per heavy atom. The van der Waals surface area contributed by atoms with Gasteiger partial charge in [0.05, 0.1) is 19.3 Å². The second-order valence-electron chi connectivity index (χ2n) is 4.28. The maximum absolute atomic E-state index is 11.5. The van der Waals surface area contributed by atoms with E-state index in [0.717, 1.165) is 0 Å². The van der Waals surface area contributed by atoms with Gasteiger partial charge in [-0.3, -0.25) is 9.36 Å². The zero-order valence-corrected chi connectivity index (χ0v) is 9.67. The monoisotopic (exact) mass is 269 g/mol. The van der Waals surface area contributed by atoms with Gasteiger partial charge < -0.3 is 25.0 Å². The number of aromatic amines is 1. The van der Waals surface area contributed by atoms with Crippen LogP contribution in [0.5, 0.6) is 0 Å². The van der Waals surface area contributed by atoms with Crippen molar-refractivity contribution in [3.05, 3.63) is 23.0 Å². The van der Waals surface area contributed by atoms with Gasteiger partial charge in [0.15, 0.2) is 17.4 Å². The van der Waals surface area contributed by atoms with E-state index in [0.29, 0.717) is 0 Å². The third-order valence-electron chi connectivity index (χ3n) is 3.16. The first-order valence-electron chi connectivity index (χ1n) is 5.66. The first-order chi connectivity index (χ1) is 9.13. The number of imidazole rings is 1. The van der Waals surface area contributed by atoms with Crippen LogP contribution in [0.1, 0.15) is 6.23 Å². The Balaban J connectivity index is 2.06. The molecule has 3 rings (SSSR count). The molecular formula is C10H12N4O5. The van der Waals surface area contributed by atoms with Crippen LogP contribution in [0.3, 0.4) is 0 Å². The van der Waals surface area contributed by atoms with Gasteiger partial charge in [-0.25, -0.2) is 9.97 Å². The highest BCUT2D eigenvalue weighted by Crippen LogP contribution is 2.30. The predicted molar refractivity (Wildman–Crippen MR) is 61.2 cm³/mol. The number of fused-ring (bicyclic) bond motifs is 1. The molecule has 0 radical (unpaired) electrons. The minimum atomic E-state index is -1.24. The summed E-state index contributed by atoms with van der Waals surface area (Å²) in [6.07, 6.45) is -1.78. The van der Waals surface area contributed by atoms with Gasteiger partial charge in [0.2, 0.25) is 0 Å². The molecule has 0 saturated carbocycles. The summed E-state index contributed by atoms with van der Waals surface area (Å²) in [5.74, 6) is 0. The van der Waals surface area contributed by atoms with Gasteiger partial charge in [-0.15, -0.1) is 0 Å². The van der Waals surface area contributed by atoms with E-state index < -0.39 is 36.7 Å². The fourth-order valence-corrected chi connectivity index (χ4v) is 2.16. The van der Waals surface area contributed by atoms with Gasteiger partial charge in [-0.2, -0.15) is 0 Å². The minimum Gasteiger partial charge on any atom is -0.394 e. The fourth-order valence-electron chi connectivity index (χ4n) is 2.16. The lowest BCUT2D eigenvalue weighted by atomic mass is 10.1. The van der Waals surface area contributed by atoms with Gasteiger partial charge >= 0.3 is 0 Å². The van der Waals surface area contributed by atoms with E-state index in [1.54, 1.807) is 0 Å². The summed E-state index contributed by atoms with van der Waals surface area (Å²) < 4.78 is 6.70. The number of nitrogens with zero attached hydrogens (tertiary/aromatic N) is 3. The maximum atomic E-state index is 11.5. The molecule has 9 heteroatoms. The van der Waals surface area contributed by atoms with Crippen LogP contribution < -0.4 is 5.56 Å². The van der Waals surface area contributed by atoms with E-state index in [1.165, 1.54) is 17.2 Å². The standard InChI is InChI=1S/C10H12N4O5/c15-1-4-6(16)7(17)10(19-4)14-3-13-5-8(14)11-2-12-9(5)18/h2-4,6-7,10,15-17H,1H2,(H,11,12,18)/t4-,6-,7-,10-/m1/s1/i14+1. The topological polar surface area (TPSA) is 133 Å². The van der Waals surface area contributed by atoms with Crippen molar-refractivity contribution in [2.24, 2.45) is 0 Å². The third kappa shape index (κ3) is 1.75. The molecule has 0 aliphatic carbocycles. The van der Waals surface area contributed by atoms with Crippen LogP contribution in [-0.2, 0) is 4.74 Å². The molecule has 0 bridgehead atoms. The highest BCUT2D eigenvalue weighted by molar-refractivity contribution is 5.68. The van der Waals surface area contributed by atoms with Crippen molar-refractivity contribution in [3.63, 3.8) is 0 Å². The highest BCUT2D eigenvalue weighted by atomic mass is 16.6. The maximum Gasteiger partial charge on any atom is 0.278 e. The lowest BCUT2D eigenvalue weighted by Crippen LogP contribution is -2.33. The Labute approximate surface area is 106 Å². The average molecular weight is 269 g/mol. The molecule has 1 saturated heterocycles. The molecule has 1 aliphatic rings. The summed E-state index contributed by atoms with van der Waals surface area (Å²) in [6.45, 7) is -0.421. The third-order valence-corrected chi connectivity index (χ3v) is 3.16. The van der Waals surface area contributed by atoms with Crippen LogP contribution >= 0.6 is 0 Å².